The molecule has 2 aromatic rings. The summed E-state index contributed by atoms with van der Waals surface area (Å²) < 4.78 is 42.4. The van der Waals surface area contributed by atoms with Crippen molar-refractivity contribution in [3.05, 3.63) is 64.7 Å². The van der Waals surface area contributed by atoms with Crippen molar-refractivity contribution in [3.8, 4) is 5.75 Å². The van der Waals surface area contributed by atoms with Crippen molar-refractivity contribution >= 4 is 5.91 Å². The molecule has 0 saturated heterocycles. The summed E-state index contributed by atoms with van der Waals surface area (Å²) >= 11 is 0. The van der Waals surface area contributed by atoms with Gasteiger partial charge < -0.3 is 9.64 Å². The Balaban J connectivity index is 2.25. The zero-order valence-corrected chi connectivity index (χ0v) is 17.4. The Morgan fingerprint density at radius 2 is 1.59 bits per heavy atom. The van der Waals surface area contributed by atoms with Crippen molar-refractivity contribution in [2.45, 2.75) is 32.6 Å². The highest BCUT2D eigenvalue weighted by Crippen LogP contribution is 2.29. The summed E-state index contributed by atoms with van der Waals surface area (Å²) in [6, 6.07) is 12.6. The minimum atomic E-state index is -4.38. The minimum Gasteiger partial charge on any atom is -0.484 e. The van der Waals surface area contributed by atoms with E-state index in [1.54, 1.807) is 45.0 Å². The van der Waals surface area contributed by atoms with E-state index in [4.69, 9.17) is 4.74 Å². The van der Waals surface area contributed by atoms with Gasteiger partial charge in [0.25, 0.3) is 0 Å². The summed E-state index contributed by atoms with van der Waals surface area (Å²) in [5, 5.41) is 0. The largest absolute Gasteiger partial charge is 0.484 e. The van der Waals surface area contributed by atoms with Crippen molar-refractivity contribution in [1.82, 2.24) is 9.80 Å². The third-order valence-electron chi connectivity index (χ3n) is 4.56. The molecule has 4 nitrogen and oxygen atoms in total. The Labute approximate surface area is 169 Å². The molecule has 0 aliphatic heterocycles. The van der Waals surface area contributed by atoms with Gasteiger partial charge in [0.15, 0.2) is 6.61 Å². The lowest BCUT2D eigenvalue weighted by molar-refractivity contribution is -0.153. The molecule has 0 aliphatic rings. The molecule has 2 aromatic carbocycles. The van der Waals surface area contributed by atoms with Gasteiger partial charge in [-0.1, -0.05) is 42.5 Å². The summed E-state index contributed by atoms with van der Waals surface area (Å²) in [5.74, 6) is 0.204. The van der Waals surface area contributed by atoms with Gasteiger partial charge >= 0.3 is 6.18 Å². The summed E-state index contributed by atoms with van der Waals surface area (Å²) in [5.41, 5.74) is 3.04. The molecule has 0 fully saturated rings. The highest BCUT2D eigenvalue weighted by Gasteiger charge is 2.29. The van der Waals surface area contributed by atoms with Crippen LogP contribution in [0.15, 0.2) is 42.5 Å². The zero-order chi connectivity index (χ0) is 21.8. The Bertz CT molecular complexity index is 813. The molecule has 7 heteroatoms. The first kappa shape index (κ1) is 22.7. The third kappa shape index (κ3) is 6.22. The first-order valence-corrected chi connectivity index (χ1v) is 9.25. The van der Waals surface area contributed by atoms with E-state index in [0.29, 0.717) is 17.7 Å². The lowest BCUT2D eigenvalue weighted by atomic mass is 10.0. The molecule has 158 valence electrons. The maximum Gasteiger partial charge on any atom is 0.422 e. The summed E-state index contributed by atoms with van der Waals surface area (Å²) in [7, 11) is 5.29. The van der Waals surface area contributed by atoms with E-state index in [-0.39, 0.29) is 11.7 Å². The number of aryl methyl sites for hydroxylation is 2. The number of hydrogen-bond donors (Lipinski definition) is 0. The van der Waals surface area contributed by atoms with Crippen molar-refractivity contribution in [2.75, 3.05) is 27.7 Å². The number of ether oxygens (including phenoxy) is 1. The van der Waals surface area contributed by atoms with E-state index in [9.17, 15) is 18.0 Å². The standard InChI is InChI=1S/C22H27F3N2O2/c1-15-11-17(12-16(2)20(15)29-14-22(23,24)25)13-27(5)19(21(28)26(3)4)18-9-7-6-8-10-18/h6-12,19H,13-14H2,1-5H3. The van der Waals surface area contributed by atoms with Crippen molar-refractivity contribution in [2.24, 2.45) is 0 Å². The molecule has 0 spiro atoms. The predicted octanol–water partition coefficient (Wildman–Crippen LogP) is 4.51. The van der Waals surface area contributed by atoms with Crippen LogP contribution < -0.4 is 4.74 Å². The molecule has 0 aromatic heterocycles. The van der Waals surface area contributed by atoms with Crippen molar-refractivity contribution < 1.29 is 22.7 Å². The lowest BCUT2D eigenvalue weighted by Gasteiger charge is -2.30. The fourth-order valence-electron chi connectivity index (χ4n) is 3.36. The average Bonchev–Trinajstić information content (AvgIpc) is 2.61. The van der Waals surface area contributed by atoms with E-state index >= 15 is 0 Å². The molecule has 1 atom stereocenters. The van der Waals surface area contributed by atoms with Gasteiger partial charge in [0, 0.05) is 20.6 Å². The predicted molar refractivity (Wildman–Crippen MR) is 107 cm³/mol. The van der Waals surface area contributed by atoms with E-state index in [0.717, 1.165) is 11.1 Å². The van der Waals surface area contributed by atoms with Crippen molar-refractivity contribution in [3.63, 3.8) is 0 Å². The molecule has 0 radical (unpaired) electrons. The van der Waals surface area contributed by atoms with Gasteiger partial charge in [-0.05, 0) is 43.1 Å². The Morgan fingerprint density at radius 1 is 1.03 bits per heavy atom. The van der Waals surface area contributed by atoms with Gasteiger partial charge in [-0.2, -0.15) is 13.2 Å². The number of likely N-dealkylation sites (N-methyl/N-ethyl adjacent to an activating group) is 2. The Morgan fingerprint density at radius 3 is 2.07 bits per heavy atom. The lowest BCUT2D eigenvalue weighted by Crippen LogP contribution is -2.37. The molecule has 1 unspecified atom stereocenters. The monoisotopic (exact) mass is 408 g/mol. The number of benzene rings is 2. The van der Waals surface area contributed by atoms with Crippen LogP contribution in [0.4, 0.5) is 13.2 Å². The minimum absolute atomic E-state index is 0.0442. The van der Waals surface area contributed by atoms with Crippen LogP contribution in [0, 0.1) is 13.8 Å². The van der Waals surface area contributed by atoms with Crippen LogP contribution in [0.5, 0.6) is 5.75 Å². The first-order valence-electron chi connectivity index (χ1n) is 9.25. The fourth-order valence-corrected chi connectivity index (χ4v) is 3.36. The maximum atomic E-state index is 12.8. The second kappa shape index (κ2) is 9.31. The molecular formula is C22H27F3N2O2. The second-order valence-electron chi connectivity index (χ2n) is 7.42. The topological polar surface area (TPSA) is 32.8 Å². The van der Waals surface area contributed by atoms with Crippen LogP contribution in [0.1, 0.15) is 28.3 Å². The number of alkyl halides is 3. The molecule has 0 bridgehead atoms. The number of nitrogens with zero attached hydrogens (tertiary/aromatic N) is 2. The van der Waals surface area contributed by atoms with Gasteiger partial charge in [0.05, 0.1) is 0 Å². The Hall–Kier alpha value is -2.54. The zero-order valence-electron chi connectivity index (χ0n) is 17.4. The van der Waals surface area contributed by atoms with E-state index in [1.165, 1.54) is 0 Å². The first-order chi connectivity index (χ1) is 13.5. The van der Waals surface area contributed by atoms with Crippen LogP contribution in [-0.4, -0.2) is 49.6 Å². The average molecular weight is 408 g/mol. The van der Waals surface area contributed by atoms with Crippen LogP contribution in [-0.2, 0) is 11.3 Å². The second-order valence-corrected chi connectivity index (χ2v) is 7.42. The van der Waals surface area contributed by atoms with E-state index in [1.807, 2.05) is 42.3 Å². The number of halogens is 3. The van der Waals surface area contributed by atoms with Crippen LogP contribution in [0.25, 0.3) is 0 Å². The number of carbonyl (C=O) groups is 1. The number of carbonyl (C=O) groups excluding carboxylic acids is 1. The number of amides is 1. The van der Waals surface area contributed by atoms with E-state index < -0.39 is 18.8 Å². The quantitative estimate of drug-likeness (QED) is 0.676. The van der Waals surface area contributed by atoms with Gasteiger partial charge in [-0.25, -0.2) is 0 Å². The molecule has 2 rings (SSSR count). The maximum absolute atomic E-state index is 12.8. The van der Waals surface area contributed by atoms with Gasteiger partial charge in [-0.3, -0.25) is 9.69 Å². The summed E-state index contributed by atoms with van der Waals surface area (Å²) in [4.78, 5) is 16.3. The van der Waals surface area contributed by atoms with Crippen LogP contribution in [0.2, 0.25) is 0 Å². The molecule has 1 amide bonds. The third-order valence-corrected chi connectivity index (χ3v) is 4.56. The molecule has 0 N–H and O–H groups in total. The molecule has 0 aliphatic carbocycles. The van der Waals surface area contributed by atoms with Gasteiger partial charge in [0.1, 0.15) is 11.8 Å². The fraction of sp³-hybridized carbons (Fsp3) is 0.409. The smallest absolute Gasteiger partial charge is 0.422 e. The molecule has 29 heavy (non-hydrogen) atoms. The van der Waals surface area contributed by atoms with E-state index in [2.05, 4.69) is 0 Å². The highest BCUT2D eigenvalue weighted by molar-refractivity contribution is 5.82. The molecule has 0 saturated carbocycles. The van der Waals surface area contributed by atoms with Crippen molar-refractivity contribution in [1.29, 1.82) is 0 Å². The number of rotatable bonds is 7. The van der Waals surface area contributed by atoms with Gasteiger partial charge in [0.2, 0.25) is 5.91 Å². The normalized spacial score (nSPS) is 12.7. The Kier molecular flexibility index (Phi) is 7.30. The van der Waals surface area contributed by atoms with Crippen LogP contribution >= 0.6 is 0 Å². The van der Waals surface area contributed by atoms with Gasteiger partial charge in [-0.15, -0.1) is 0 Å². The highest BCUT2D eigenvalue weighted by atomic mass is 19.4. The molecular weight excluding hydrogens is 381 g/mol. The SMILES string of the molecule is Cc1cc(CN(C)C(C(=O)N(C)C)c2ccccc2)cc(C)c1OCC(F)(F)F. The number of hydrogen-bond acceptors (Lipinski definition) is 3. The molecule has 0 heterocycles. The van der Waals surface area contributed by atoms with Crippen LogP contribution in [0.3, 0.4) is 0 Å². The summed E-state index contributed by atoms with van der Waals surface area (Å²) in [6.07, 6.45) is -4.38. The summed E-state index contributed by atoms with van der Waals surface area (Å²) in [6.45, 7) is 2.59.